The van der Waals surface area contributed by atoms with E-state index in [9.17, 15) is 0 Å². The predicted molar refractivity (Wildman–Crippen MR) is 62.3 cm³/mol. The Labute approximate surface area is 91.3 Å². The van der Waals surface area contributed by atoms with Crippen LogP contribution in [0.3, 0.4) is 0 Å². The molecule has 4 heteroatoms. The third-order valence-electron chi connectivity index (χ3n) is 2.49. The molecule has 0 saturated carbocycles. The molecule has 3 nitrogen and oxygen atoms in total. The Balaban J connectivity index is 0.00000169. The zero-order valence-corrected chi connectivity index (χ0v) is 9.42. The molecule has 0 radical (unpaired) electrons. The largest absolute Gasteiger partial charge is 0.383 e. The number of nitrogen functional groups attached to an aromatic ring is 1. The van der Waals surface area contributed by atoms with Gasteiger partial charge in [0.2, 0.25) is 0 Å². The molecular formula is C10H18ClN3. The molecule has 0 aliphatic rings. The third kappa shape index (κ3) is 2.86. The molecule has 0 saturated heterocycles. The minimum atomic E-state index is -0.00120. The molecule has 2 atom stereocenters. The zero-order valence-electron chi connectivity index (χ0n) is 8.60. The number of halogens is 1. The molecule has 1 unspecified atom stereocenters. The summed E-state index contributed by atoms with van der Waals surface area (Å²) in [5.41, 5.74) is 12.7. The Bertz CT molecular complexity index is 278. The highest BCUT2D eigenvalue weighted by Crippen LogP contribution is 2.24. The number of nitrogens with two attached hydrogens (primary N) is 2. The predicted octanol–water partition coefficient (Wildman–Crippen LogP) is 2.13. The molecule has 0 aliphatic carbocycles. The van der Waals surface area contributed by atoms with Gasteiger partial charge in [-0.25, -0.2) is 4.98 Å². The first-order valence-electron chi connectivity index (χ1n) is 4.62. The second-order valence-electron chi connectivity index (χ2n) is 3.39. The van der Waals surface area contributed by atoms with Crippen LogP contribution in [-0.4, -0.2) is 4.98 Å². The van der Waals surface area contributed by atoms with E-state index in [1.165, 1.54) is 0 Å². The lowest BCUT2D eigenvalue weighted by Gasteiger charge is -2.19. The van der Waals surface area contributed by atoms with Gasteiger partial charge >= 0.3 is 0 Å². The van der Waals surface area contributed by atoms with Gasteiger partial charge < -0.3 is 11.5 Å². The molecule has 80 valence electrons. The van der Waals surface area contributed by atoms with Gasteiger partial charge in [-0.15, -0.1) is 12.4 Å². The molecular weight excluding hydrogens is 198 g/mol. The summed E-state index contributed by atoms with van der Waals surface area (Å²) in [6, 6.07) is 3.81. The summed E-state index contributed by atoms with van der Waals surface area (Å²) in [7, 11) is 0. The van der Waals surface area contributed by atoms with Crippen LogP contribution in [0.25, 0.3) is 0 Å². The van der Waals surface area contributed by atoms with Crippen LogP contribution in [0.5, 0.6) is 0 Å². The second kappa shape index (κ2) is 5.83. The van der Waals surface area contributed by atoms with Crippen LogP contribution in [0.2, 0.25) is 0 Å². The first-order valence-corrected chi connectivity index (χ1v) is 4.62. The molecule has 1 rings (SSSR count). The molecule has 0 fully saturated rings. The molecule has 14 heavy (non-hydrogen) atoms. The first-order chi connectivity index (χ1) is 6.16. The van der Waals surface area contributed by atoms with E-state index in [0.29, 0.717) is 11.7 Å². The van der Waals surface area contributed by atoms with Gasteiger partial charge in [-0.2, -0.15) is 0 Å². The fraction of sp³-hybridized carbons (Fsp3) is 0.500. The lowest BCUT2D eigenvalue weighted by atomic mass is 9.94. The maximum atomic E-state index is 6.03. The van der Waals surface area contributed by atoms with Crippen LogP contribution in [0.1, 0.15) is 31.9 Å². The Morgan fingerprint density at radius 1 is 1.50 bits per heavy atom. The van der Waals surface area contributed by atoms with Crippen LogP contribution in [0.15, 0.2) is 18.3 Å². The van der Waals surface area contributed by atoms with Crippen LogP contribution < -0.4 is 11.5 Å². The monoisotopic (exact) mass is 215 g/mol. The molecule has 1 aromatic heterocycles. The Morgan fingerprint density at radius 3 is 2.64 bits per heavy atom. The smallest absolute Gasteiger partial charge is 0.128 e. The molecule has 0 spiro atoms. The number of pyridine rings is 1. The van der Waals surface area contributed by atoms with Crippen molar-refractivity contribution in [2.75, 3.05) is 5.73 Å². The number of nitrogens with zero attached hydrogens (tertiary/aromatic N) is 1. The normalized spacial score (nSPS) is 14.2. The number of anilines is 1. The number of rotatable bonds is 3. The summed E-state index contributed by atoms with van der Waals surface area (Å²) in [4.78, 5) is 4.01. The molecule has 0 aliphatic heterocycles. The summed E-state index contributed by atoms with van der Waals surface area (Å²) >= 11 is 0. The van der Waals surface area contributed by atoms with Crippen molar-refractivity contribution >= 4 is 18.2 Å². The van der Waals surface area contributed by atoms with Gasteiger partial charge in [0.05, 0.1) is 0 Å². The number of hydrogen-bond donors (Lipinski definition) is 2. The van der Waals surface area contributed by atoms with Gasteiger partial charge in [0.15, 0.2) is 0 Å². The topological polar surface area (TPSA) is 64.9 Å². The van der Waals surface area contributed by atoms with E-state index >= 15 is 0 Å². The molecule has 0 amide bonds. The molecule has 1 aromatic rings. The summed E-state index contributed by atoms with van der Waals surface area (Å²) in [6.45, 7) is 4.24. The standard InChI is InChI=1S/C10H17N3.ClH/c1-3-7(2)9(11)8-5-4-6-13-10(8)12;/h4-7,9H,3,11H2,1-2H3,(H2,12,13);1H/t7?,9-;/m0./s1. The quantitative estimate of drug-likeness (QED) is 0.812. The average Bonchev–Trinajstić information content (AvgIpc) is 2.16. The third-order valence-corrected chi connectivity index (χ3v) is 2.49. The molecule has 0 bridgehead atoms. The maximum Gasteiger partial charge on any atom is 0.128 e. The lowest BCUT2D eigenvalue weighted by molar-refractivity contribution is 0.457. The second-order valence-corrected chi connectivity index (χ2v) is 3.39. The van der Waals surface area contributed by atoms with Crippen LogP contribution in [-0.2, 0) is 0 Å². The van der Waals surface area contributed by atoms with Gasteiger partial charge in [-0.05, 0) is 12.0 Å². The van der Waals surface area contributed by atoms with Gasteiger partial charge in [0.25, 0.3) is 0 Å². The molecule has 1 heterocycles. The fourth-order valence-electron chi connectivity index (χ4n) is 1.27. The fourth-order valence-corrected chi connectivity index (χ4v) is 1.27. The summed E-state index contributed by atoms with van der Waals surface area (Å²) in [5.74, 6) is 0.988. The highest BCUT2D eigenvalue weighted by atomic mass is 35.5. The summed E-state index contributed by atoms with van der Waals surface area (Å²) in [6.07, 6.45) is 2.73. The van der Waals surface area contributed by atoms with Crippen LogP contribution in [0, 0.1) is 5.92 Å². The van der Waals surface area contributed by atoms with Crippen molar-refractivity contribution < 1.29 is 0 Å². The van der Waals surface area contributed by atoms with Crippen molar-refractivity contribution in [3.8, 4) is 0 Å². The summed E-state index contributed by atoms with van der Waals surface area (Å²) in [5, 5.41) is 0. The van der Waals surface area contributed by atoms with E-state index < -0.39 is 0 Å². The van der Waals surface area contributed by atoms with Gasteiger partial charge in [0, 0.05) is 17.8 Å². The Kier molecular flexibility index (Phi) is 5.50. The van der Waals surface area contributed by atoms with Crippen LogP contribution >= 0.6 is 12.4 Å². The molecule has 4 N–H and O–H groups in total. The number of aromatic nitrogens is 1. The van der Waals surface area contributed by atoms with Crippen molar-refractivity contribution in [3.63, 3.8) is 0 Å². The van der Waals surface area contributed by atoms with E-state index in [2.05, 4.69) is 18.8 Å². The first kappa shape index (κ1) is 13.2. The average molecular weight is 216 g/mol. The van der Waals surface area contributed by atoms with E-state index in [0.717, 1.165) is 12.0 Å². The van der Waals surface area contributed by atoms with Gasteiger partial charge in [-0.1, -0.05) is 26.3 Å². The van der Waals surface area contributed by atoms with Crippen molar-refractivity contribution in [3.05, 3.63) is 23.9 Å². The lowest BCUT2D eigenvalue weighted by Crippen LogP contribution is -2.20. The van der Waals surface area contributed by atoms with E-state index in [-0.39, 0.29) is 18.4 Å². The SMILES string of the molecule is CCC(C)[C@H](N)c1cccnc1N.Cl. The summed E-state index contributed by atoms with van der Waals surface area (Å²) < 4.78 is 0. The Hall–Kier alpha value is -0.800. The zero-order chi connectivity index (χ0) is 9.84. The maximum absolute atomic E-state index is 6.03. The van der Waals surface area contributed by atoms with E-state index in [4.69, 9.17) is 11.5 Å². The van der Waals surface area contributed by atoms with Crippen molar-refractivity contribution in [1.29, 1.82) is 0 Å². The molecule has 0 aromatic carbocycles. The van der Waals surface area contributed by atoms with E-state index in [1.807, 2.05) is 12.1 Å². The number of hydrogen-bond acceptors (Lipinski definition) is 3. The van der Waals surface area contributed by atoms with Gasteiger partial charge in [-0.3, -0.25) is 0 Å². The Morgan fingerprint density at radius 2 is 2.14 bits per heavy atom. The minimum absolute atomic E-state index is 0. The van der Waals surface area contributed by atoms with Crippen LogP contribution in [0.4, 0.5) is 5.82 Å². The minimum Gasteiger partial charge on any atom is -0.383 e. The van der Waals surface area contributed by atoms with Crippen molar-refractivity contribution in [2.24, 2.45) is 11.7 Å². The highest BCUT2D eigenvalue weighted by molar-refractivity contribution is 5.85. The van der Waals surface area contributed by atoms with E-state index in [1.54, 1.807) is 6.20 Å². The van der Waals surface area contributed by atoms with Crippen molar-refractivity contribution in [1.82, 2.24) is 4.98 Å². The highest BCUT2D eigenvalue weighted by Gasteiger charge is 2.15. The van der Waals surface area contributed by atoms with Crippen molar-refractivity contribution in [2.45, 2.75) is 26.3 Å². The van der Waals surface area contributed by atoms with Gasteiger partial charge in [0.1, 0.15) is 5.82 Å².